The molecule has 8 nitrogen and oxygen atoms in total. The quantitative estimate of drug-likeness (QED) is 0.435. The standard InChI is InChI=1S/C21H37NO7/c1-20(2,3)22-13-9-12(11-27-21(4,5)6)7-8-14(13)28-19-18(26)17(25)16(24)15(10-23)29-19/h9,15-19,22-26H,7-8,10-11H2,1-6H3. The van der Waals surface area contributed by atoms with Crippen LogP contribution in [0.25, 0.3) is 0 Å². The zero-order valence-corrected chi connectivity index (χ0v) is 18.3. The molecule has 0 radical (unpaired) electrons. The van der Waals surface area contributed by atoms with E-state index >= 15 is 0 Å². The Morgan fingerprint density at radius 1 is 1.03 bits per heavy atom. The van der Waals surface area contributed by atoms with Crippen molar-refractivity contribution >= 4 is 0 Å². The maximum Gasteiger partial charge on any atom is 0.228 e. The zero-order chi connectivity index (χ0) is 22.0. The van der Waals surface area contributed by atoms with Crippen LogP contribution in [0.2, 0.25) is 0 Å². The van der Waals surface area contributed by atoms with Gasteiger partial charge in [0.1, 0.15) is 30.2 Å². The molecule has 1 fully saturated rings. The molecule has 5 unspecified atom stereocenters. The Balaban J connectivity index is 2.23. The van der Waals surface area contributed by atoms with E-state index in [1.54, 1.807) is 0 Å². The van der Waals surface area contributed by atoms with Crippen LogP contribution in [0.1, 0.15) is 54.4 Å². The molecule has 29 heavy (non-hydrogen) atoms. The number of aliphatic hydroxyl groups is 4. The van der Waals surface area contributed by atoms with Crippen molar-refractivity contribution in [2.24, 2.45) is 0 Å². The largest absolute Gasteiger partial charge is 0.464 e. The van der Waals surface area contributed by atoms with Gasteiger partial charge in [-0.1, -0.05) is 0 Å². The molecule has 0 aromatic rings. The molecule has 1 aliphatic carbocycles. The highest BCUT2D eigenvalue weighted by molar-refractivity contribution is 5.31. The monoisotopic (exact) mass is 415 g/mol. The first-order valence-electron chi connectivity index (χ1n) is 10.1. The number of allylic oxidation sites excluding steroid dienone is 2. The summed E-state index contributed by atoms with van der Waals surface area (Å²) in [5.74, 6) is 0.587. The first kappa shape index (κ1) is 24.1. The summed E-state index contributed by atoms with van der Waals surface area (Å²) in [5, 5.41) is 43.0. The van der Waals surface area contributed by atoms with Gasteiger partial charge in [0.05, 0.1) is 24.5 Å². The highest BCUT2D eigenvalue weighted by Crippen LogP contribution is 2.30. The summed E-state index contributed by atoms with van der Waals surface area (Å²) in [7, 11) is 0. The van der Waals surface area contributed by atoms with E-state index in [9.17, 15) is 20.4 Å². The van der Waals surface area contributed by atoms with E-state index in [2.05, 4.69) is 5.32 Å². The van der Waals surface area contributed by atoms with Crippen LogP contribution in [0.4, 0.5) is 0 Å². The minimum absolute atomic E-state index is 0.233. The third kappa shape index (κ3) is 6.94. The van der Waals surface area contributed by atoms with Crippen molar-refractivity contribution in [3.8, 4) is 0 Å². The van der Waals surface area contributed by atoms with Crippen LogP contribution in [0.15, 0.2) is 23.1 Å². The first-order valence-corrected chi connectivity index (χ1v) is 10.1. The molecule has 1 saturated heterocycles. The molecule has 0 amide bonds. The van der Waals surface area contributed by atoms with Gasteiger partial charge in [0, 0.05) is 12.0 Å². The van der Waals surface area contributed by atoms with Crippen LogP contribution in [-0.4, -0.2) is 75.5 Å². The molecule has 0 bridgehead atoms. The lowest BCUT2D eigenvalue weighted by molar-refractivity contribution is -0.292. The fourth-order valence-electron chi connectivity index (χ4n) is 3.13. The van der Waals surface area contributed by atoms with Gasteiger partial charge in [-0.3, -0.25) is 0 Å². The number of nitrogens with one attached hydrogen (secondary N) is 1. The van der Waals surface area contributed by atoms with Gasteiger partial charge in [-0.25, -0.2) is 0 Å². The predicted octanol–water partition coefficient (Wildman–Crippen LogP) is 0.938. The fourth-order valence-corrected chi connectivity index (χ4v) is 3.13. The van der Waals surface area contributed by atoms with E-state index in [0.29, 0.717) is 18.8 Å². The minimum atomic E-state index is -1.47. The minimum Gasteiger partial charge on any atom is -0.464 e. The van der Waals surface area contributed by atoms with E-state index in [-0.39, 0.29) is 11.1 Å². The van der Waals surface area contributed by atoms with Gasteiger partial charge in [-0.2, -0.15) is 0 Å². The summed E-state index contributed by atoms with van der Waals surface area (Å²) in [4.78, 5) is 0. The molecule has 5 N–H and O–H groups in total. The first-order chi connectivity index (χ1) is 13.3. The summed E-state index contributed by atoms with van der Waals surface area (Å²) in [5.41, 5.74) is 1.40. The number of hydrogen-bond donors (Lipinski definition) is 5. The lowest BCUT2D eigenvalue weighted by atomic mass is 9.98. The molecular formula is C21H37NO7. The molecule has 2 aliphatic rings. The Hall–Kier alpha value is -1.16. The van der Waals surface area contributed by atoms with Gasteiger partial charge < -0.3 is 40.0 Å². The maximum absolute atomic E-state index is 10.3. The van der Waals surface area contributed by atoms with Crippen molar-refractivity contribution < 1.29 is 34.6 Å². The fraction of sp³-hybridized carbons (Fsp3) is 0.810. The molecule has 0 spiro atoms. The van der Waals surface area contributed by atoms with Gasteiger partial charge in [-0.05, 0) is 59.6 Å². The second-order valence-electron chi connectivity index (χ2n) is 9.73. The highest BCUT2D eigenvalue weighted by atomic mass is 16.7. The van der Waals surface area contributed by atoms with Crippen LogP contribution in [0.5, 0.6) is 0 Å². The Morgan fingerprint density at radius 2 is 1.69 bits per heavy atom. The topological polar surface area (TPSA) is 121 Å². The zero-order valence-electron chi connectivity index (χ0n) is 18.3. The van der Waals surface area contributed by atoms with E-state index in [0.717, 1.165) is 17.7 Å². The SMILES string of the molecule is CC(C)(C)NC1=C(OC2OC(CO)C(O)C(O)C2O)CCC(COC(C)(C)C)=C1. The van der Waals surface area contributed by atoms with Gasteiger partial charge in [-0.15, -0.1) is 0 Å². The smallest absolute Gasteiger partial charge is 0.228 e. The lowest BCUT2D eigenvalue weighted by Crippen LogP contribution is -2.59. The molecule has 2 rings (SSSR count). The molecule has 0 aromatic carbocycles. The van der Waals surface area contributed by atoms with Gasteiger partial charge in [0.15, 0.2) is 0 Å². The van der Waals surface area contributed by atoms with E-state index in [1.807, 2.05) is 47.6 Å². The molecule has 1 aliphatic heterocycles. The molecule has 5 atom stereocenters. The van der Waals surface area contributed by atoms with Crippen molar-refractivity contribution in [1.29, 1.82) is 0 Å². The van der Waals surface area contributed by atoms with Gasteiger partial charge >= 0.3 is 0 Å². The summed E-state index contributed by atoms with van der Waals surface area (Å²) in [6, 6.07) is 0. The predicted molar refractivity (Wildman–Crippen MR) is 108 cm³/mol. The van der Waals surface area contributed by atoms with Gasteiger partial charge in [0.2, 0.25) is 6.29 Å². The van der Waals surface area contributed by atoms with E-state index in [1.165, 1.54) is 0 Å². The number of ether oxygens (including phenoxy) is 3. The summed E-state index contributed by atoms with van der Waals surface area (Å²) in [6.07, 6.45) is -3.26. The van der Waals surface area contributed by atoms with E-state index in [4.69, 9.17) is 14.2 Å². The second-order valence-corrected chi connectivity index (χ2v) is 9.73. The molecule has 168 valence electrons. The Morgan fingerprint density at radius 3 is 2.24 bits per heavy atom. The third-order valence-corrected chi connectivity index (χ3v) is 4.63. The Kier molecular flexibility index (Phi) is 7.75. The van der Waals surface area contributed by atoms with Crippen molar-refractivity contribution in [3.63, 3.8) is 0 Å². The molecule has 0 aromatic heterocycles. The lowest BCUT2D eigenvalue weighted by Gasteiger charge is -2.40. The van der Waals surface area contributed by atoms with E-state index < -0.39 is 37.3 Å². The van der Waals surface area contributed by atoms with Crippen molar-refractivity contribution in [2.75, 3.05) is 13.2 Å². The summed E-state index contributed by atoms with van der Waals surface area (Å²) >= 11 is 0. The van der Waals surface area contributed by atoms with Crippen LogP contribution in [0, 0.1) is 0 Å². The molecule has 1 heterocycles. The average Bonchev–Trinajstić information content (AvgIpc) is 2.60. The Labute approximate surface area is 173 Å². The number of rotatable bonds is 6. The number of aliphatic hydroxyl groups excluding tert-OH is 4. The van der Waals surface area contributed by atoms with Gasteiger partial charge in [0.25, 0.3) is 0 Å². The van der Waals surface area contributed by atoms with Crippen LogP contribution < -0.4 is 5.32 Å². The van der Waals surface area contributed by atoms with Crippen molar-refractivity contribution in [3.05, 3.63) is 23.1 Å². The van der Waals surface area contributed by atoms with Crippen LogP contribution in [0.3, 0.4) is 0 Å². The Bertz CT molecular complexity index is 615. The molecule has 8 heteroatoms. The summed E-state index contributed by atoms with van der Waals surface area (Å²) in [6.45, 7) is 12.1. The number of hydrogen-bond acceptors (Lipinski definition) is 8. The summed E-state index contributed by atoms with van der Waals surface area (Å²) < 4.78 is 17.3. The van der Waals surface area contributed by atoms with Crippen molar-refractivity contribution in [2.45, 2.75) is 96.2 Å². The third-order valence-electron chi connectivity index (χ3n) is 4.63. The van der Waals surface area contributed by atoms with Crippen LogP contribution in [-0.2, 0) is 14.2 Å². The van der Waals surface area contributed by atoms with Crippen LogP contribution >= 0.6 is 0 Å². The molecule has 0 saturated carbocycles. The van der Waals surface area contributed by atoms with Crippen molar-refractivity contribution in [1.82, 2.24) is 5.32 Å². The average molecular weight is 416 g/mol. The maximum atomic E-state index is 10.3. The molecular weight excluding hydrogens is 378 g/mol. The highest BCUT2D eigenvalue weighted by Gasteiger charge is 2.45. The normalized spacial score (nSPS) is 31.5. The second kappa shape index (κ2) is 9.32.